The van der Waals surface area contributed by atoms with Gasteiger partial charge >= 0.3 is 28.5 Å². The average Bonchev–Trinajstić information content (AvgIpc) is 3.15. The van der Waals surface area contributed by atoms with E-state index in [1.165, 1.54) is 19.1 Å². The van der Waals surface area contributed by atoms with E-state index in [2.05, 4.69) is 10.6 Å². The van der Waals surface area contributed by atoms with Crippen molar-refractivity contribution in [3.63, 3.8) is 0 Å². The van der Waals surface area contributed by atoms with Gasteiger partial charge in [0.05, 0.1) is 26.4 Å². The van der Waals surface area contributed by atoms with Crippen molar-refractivity contribution >= 4 is 34.4 Å². The van der Waals surface area contributed by atoms with Crippen LogP contribution in [0.2, 0.25) is 0 Å². The molecular weight excluding hydrogens is 738 g/mol. The number of β-lactam (4-membered cyclic amide) rings is 1. The molecule has 4 N–H and O–H groups in total. The van der Waals surface area contributed by atoms with Crippen molar-refractivity contribution in [2.75, 3.05) is 33.9 Å². The molecule has 17 nitrogen and oxygen atoms in total. The fraction of sp³-hybridized carbons (Fsp3) is 0.405. The lowest BCUT2D eigenvalue weighted by Gasteiger charge is -2.48. The first-order valence-corrected chi connectivity index (χ1v) is 18.6. The highest BCUT2D eigenvalue weighted by atomic mass is 32.2. The Morgan fingerprint density at radius 2 is 1.47 bits per heavy atom. The van der Waals surface area contributed by atoms with Crippen LogP contribution >= 0.6 is 0 Å². The maximum Gasteiger partial charge on any atom is 0.422 e. The van der Waals surface area contributed by atoms with Gasteiger partial charge in [0, 0.05) is 37.8 Å². The second-order valence-electron chi connectivity index (χ2n) is 13.4. The minimum absolute atomic E-state index is 0.0862. The molecule has 4 rings (SSSR count). The number of carbonyl (C=O) groups is 4. The van der Waals surface area contributed by atoms with E-state index in [1.807, 2.05) is 4.72 Å². The maximum atomic E-state index is 13.8. The zero-order valence-electron chi connectivity index (χ0n) is 31.2. The first kappa shape index (κ1) is 42.2. The second kappa shape index (κ2) is 19.1. The number of hydrogen-bond donors (Lipinski definition) is 4. The van der Waals surface area contributed by atoms with E-state index >= 15 is 0 Å². The molecule has 1 heterocycles. The van der Waals surface area contributed by atoms with Gasteiger partial charge in [0.2, 0.25) is 5.91 Å². The van der Waals surface area contributed by atoms with Crippen LogP contribution in [0, 0.1) is 0 Å². The number of alkyl carbamates (subject to hydrolysis) is 2. The number of carbonyl (C=O) groups excluding carboxylic acids is 4. The van der Waals surface area contributed by atoms with E-state index in [0.29, 0.717) is 28.2 Å². The van der Waals surface area contributed by atoms with E-state index in [4.69, 9.17) is 23.7 Å². The molecule has 3 aromatic carbocycles. The Kier molecular flexibility index (Phi) is 14.7. The summed E-state index contributed by atoms with van der Waals surface area (Å²) in [6.45, 7) is 2.86. The largest absolute Gasteiger partial charge is 0.497 e. The minimum Gasteiger partial charge on any atom is -0.497 e. The second-order valence-corrected chi connectivity index (χ2v) is 15.1. The van der Waals surface area contributed by atoms with Crippen LogP contribution in [0.25, 0.3) is 0 Å². The van der Waals surface area contributed by atoms with Gasteiger partial charge < -0.3 is 44.3 Å². The van der Waals surface area contributed by atoms with E-state index in [-0.39, 0.29) is 19.8 Å². The van der Waals surface area contributed by atoms with Crippen molar-refractivity contribution in [3.05, 3.63) is 95.6 Å². The first-order valence-electron chi connectivity index (χ1n) is 17.2. The topological polar surface area (TPSA) is 211 Å². The molecular formula is C37H47N5O12S. The van der Waals surface area contributed by atoms with Gasteiger partial charge in [0.15, 0.2) is 0 Å². The molecule has 0 aromatic heterocycles. The molecule has 3 aromatic rings. The molecule has 1 aliphatic rings. The summed E-state index contributed by atoms with van der Waals surface area (Å²) in [5.41, 5.74) is 0.983. The number of aliphatic hydroxyl groups is 1. The number of hydrogen-bond acceptors (Lipinski definition) is 12. The van der Waals surface area contributed by atoms with Gasteiger partial charge in [0.25, 0.3) is 0 Å². The number of nitrogens with zero attached hydrogens (tertiary/aromatic N) is 2. The summed E-state index contributed by atoms with van der Waals surface area (Å²) in [5.74, 6) is 0.295. The van der Waals surface area contributed by atoms with Gasteiger partial charge in [-0.3, -0.25) is 4.79 Å². The van der Waals surface area contributed by atoms with Crippen molar-refractivity contribution in [2.24, 2.45) is 0 Å². The van der Waals surface area contributed by atoms with Crippen molar-refractivity contribution in [3.8, 4) is 11.5 Å². The lowest BCUT2D eigenvalue weighted by atomic mass is 9.93. The zero-order chi connectivity index (χ0) is 40.2. The molecule has 298 valence electrons. The van der Waals surface area contributed by atoms with Gasteiger partial charge in [-0.1, -0.05) is 60.7 Å². The highest BCUT2D eigenvalue weighted by molar-refractivity contribution is 7.87. The Morgan fingerprint density at radius 1 is 0.873 bits per heavy atom. The average molecular weight is 786 g/mol. The van der Waals surface area contributed by atoms with Crippen LogP contribution in [0.3, 0.4) is 0 Å². The Morgan fingerprint density at radius 3 is 2.04 bits per heavy atom. The van der Waals surface area contributed by atoms with Gasteiger partial charge in [-0.05, 0) is 44.0 Å². The molecule has 55 heavy (non-hydrogen) atoms. The molecule has 1 saturated heterocycles. The number of aliphatic hydroxyl groups excluding tert-OH is 1. The number of methoxy groups -OCH3 is 2. The number of amides is 4. The Balaban J connectivity index is 1.59. The number of benzene rings is 3. The molecule has 3 atom stereocenters. The van der Waals surface area contributed by atoms with E-state index in [1.54, 1.807) is 99.6 Å². The SMILES string of the molecule is COc1ccc(CN2C(=O)[C@@H](NC(=O)OCc3ccccc3)[C@H]2CN(C[C@@H](O)CNC(=O)OC(C)(C)C)S(=O)(=O)NC(=O)OCc2ccccc2)c(OC)c1. The lowest BCUT2D eigenvalue weighted by molar-refractivity contribution is -0.152. The molecule has 4 amide bonds. The van der Waals surface area contributed by atoms with Crippen LogP contribution < -0.4 is 24.8 Å². The molecule has 0 aliphatic carbocycles. The van der Waals surface area contributed by atoms with Gasteiger partial charge in [0.1, 0.15) is 36.4 Å². The molecule has 0 radical (unpaired) electrons. The minimum atomic E-state index is -4.81. The quantitative estimate of drug-likeness (QED) is 0.115. The number of likely N-dealkylation sites (tertiary alicyclic amines) is 1. The molecule has 18 heteroatoms. The van der Waals surface area contributed by atoms with Crippen molar-refractivity contribution < 1.29 is 56.4 Å². The number of ether oxygens (including phenoxy) is 5. The van der Waals surface area contributed by atoms with Crippen LogP contribution in [0.4, 0.5) is 14.4 Å². The molecule has 1 aliphatic heterocycles. The van der Waals surface area contributed by atoms with Crippen LogP contribution in [-0.4, -0.2) is 105 Å². The van der Waals surface area contributed by atoms with Crippen molar-refractivity contribution in [1.82, 2.24) is 24.6 Å². The molecule has 0 spiro atoms. The monoisotopic (exact) mass is 785 g/mol. The first-order chi connectivity index (χ1) is 26.1. The van der Waals surface area contributed by atoms with Gasteiger partial charge in [-0.2, -0.15) is 12.7 Å². The fourth-order valence-electron chi connectivity index (χ4n) is 5.44. The van der Waals surface area contributed by atoms with Crippen LogP contribution in [0.15, 0.2) is 78.9 Å². The third-order valence-corrected chi connectivity index (χ3v) is 9.51. The summed E-state index contributed by atoms with van der Waals surface area (Å²) in [7, 11) is -1.90. The van der Waals surface area contributed by atoms with Crippen LogP contribution in [0.5, 0.6) is 11.5 Å². The van der Waals surface area contributed by atoms with Crippen LogP contribution in [-0.2, 0) is 49.0 Å². The van der Waals surface area contributed by atoms with Gasteiger partial charge in [-0.15, -0.1) is 0 Å². The Hall–Kier alpha value is -5.59. The number of nitrogens with one attached hydrogen (secondary N) is 3. The molecule has 1 fully saturated rings. The van der Waals surface area contributed by atoms with E-state index < -0.39 is 77.8 Å². The van der Waals surface area contributed by atoms with E-state index in [9.17, 15) is 32.7 Å². The van der Waals surface area contributed by atoms with Crippen LogP contribution in [0.1, 0.15) is 37.5 Å². The summed E-state index contributed by atoms with van der Waals surface area (Å²) in [5, 5.41) is 15.9. The van der Waals surface area contributed by atoms with Crippen molar-refractivity contribution in [2.45, 2.75) is 64.3 Å². The summed E-state index contributed by atoms with van der Waals surface area (Å²) < 4.78 is 56.7. The summed E-state index contributed by atoms with van der Waals surface area (Å²) in [6, 6.07) is 20.0. The van der Waals surface area contributed by atoms with E-state index in [0.717, 1.165) is 4.31 Å². The summed E-state index contributed by atoms with van der Waals surface area (Å²) in [6.07, 6.45) is -4.63. The predicted octanol–water partition coefficient (Wildman–Crippen LogP) is 3.07. The van der Waals surface area contributed by atoms with Crippen molar-refractivity contribution in [1.29, 1.82) is 0 Å². The maximum absolute atomic E-state index is 13.8. The molecule has 0 saturated carbocycles. The third kappa shape index (κ3) is 12.8. The normalized spacial score (nSPS) is 16.0. The third-order valence-electron chi connectivity index (χ3n) is 8.11. The Bertz CT molecular complexity index is 1880. The zero-order valence-corrected chi connectivity index (χ0v) is 32.0. The van der Waals surface area contributed by atoms with Gasteiger partial charge in [-0.25, -0.2) is 19.1 Å². The Labute approximate surface area is 320 Å². The fourth-order valence-corrected chi connectivity index (χ4v) is 6.55. The molecule has 0 bridgehead atoms. The summed E-state index contributed by atoms with van der Waals surface area (Å²) in [4.78, 5) is 53.0. The lowest BCUT2D eigenvalue weighted by Crippen LogP contribution is -2.73. The predicted molar refractivity (Wildman–Crippen MR) is 198 cm³/mol. The summed E-state index contributed by atoms with van der Waals surface area (Å²) >= 11 is 0. The standard InChI is InChI=1S/C37H47N5O12S/c1-37(2,3)54-34(45)38-19-28(43)21-41(55(48,49)40-36(47)53-24-26-14-10-7-11-15-26)22-30-32(39-35(46)52-23-25-12-8-6-9-13-25)33(44)42(30)20-27-16-17-29(50-4)18-31(27)51-5/h6-18,28,30,32,43H,19-24H2,1-5H3,(H,38,45)(H,39,46)(H,40,47)/t28-,30+,32-/m0/s1. The molecule has 0 unspecified atom stereocenters. The highest BCUT2D eigenvalue weighted by Crippen LogP contribution is 2.31. The number of rotatable bonds is 17. The highest BCUT2D eigenvalue weighted by Gasteiger charge is 2.50. The smallest absolute Gasteiger partial charge is 0.422 e.